The highest BCUT2D eigenvalue weighted by Gasteiger charge is 2.86. The molecule has 7 unspecified atom stereocenters. The molecular weight excluding hydrogens is 552 g/mol. The van der Waals surface area contributed by atoms with Gasteiger partial charge in [0.15, 0.2) is 0 Å². The molecule has 7 rings (SSSR count). The molecule has 7 aliphatic rings. The Morgan fingerprint density at radius 2 is 1.95 bits per heavy atom. The summed E-state index contributed by atoms with van der Waals surface area (Å²) in [5.74, 6) is 0.978. The van der Waals surface area contributed by atoms with E-state index in [1.165, 1.54) is 6.42 Å². The van der Waals surface area contributed by atoms with Gasteiger partial charge in [-0.3, -0.25) is 4.79 Å². The molecule has 0 radical (unpaired) electrons. The monoisotopic (exact) mass is 610 g/mol. The summed E-state index contributed by atoms with van der Waals surface area (Å²) >= 11 is 0. The molecule has 246 valence electrons. The predicted octanol–water partition coefficient (Wildman–Crippen LogP) is 5.67. The van der Waals surface area contributed by atoms with E-state index in [9.17, 15) is 14.7 Å². The molecule has 10 atom stereocenters. The summed E-state index contributed by atoms with van der Waals surface area (Å²) in [6.45, 7) is 14.8. The maximum atomic E-state index is 14.0. The number of ether oxygens (including phenoxy) is 2. The minimum absolute atomic E-state index is 0.00621. The number of carboxylic acid groups (broad SMARTS) is 1. The van der Waals surface area contributed by atoms with Crippen LogP contribution in [0.5, 0.6) is 0 Å². The number of morpholine rings is 1. The molecule has 0 amide bonds. The molecule has 7 nitrogen and oxygen atoms in total. The number of hydrogen-bond donors (Lipinski definition) is 1. The van der Waals surface area contributed by atoms with Crippen LogP contribution in [0.25, 0.3) is 0 Å². The summed E-state index contributed by atoms with van der Waals surface area (Å²) < 4.78 is 13.7. The number of piperidine rings is 1. The number of nitrogens with zero attached hydrogens (tertiary/aromatic N) is 2. The standard InChI is InChI=1S/C37H58N2O5/c1-6-7-8-26-17-32(44-31(26)21-39-13-11-34(12-14-39)22-38(5)15-16-43-34)36-20-28-25(4)9-10-29(28)35(23-40)19-27(36)18-30(24(2)3)37(35,36)33(41)42/h18,23-29,31-32H,6-17,19-22H2,1-5H3,(H,41,42)/t25-,26?,27?,28-,29-,31?,32?,35?,36?,37?/m1/s1. The Morgan fingerprint density at radius 3 is 2.61 bits per heavy atom. The summed E-state index contributed by atoms with van der Waals surface area (Å²) in [6.07, 6.45) is 13.7. The predicted molar refractivity (Wildman–Crippen MR) is 170 cm³/mol. The van der Waals surface area contributed by atoms with E-state index in [0.717, 1.165) is 103 Å². The summed E-state index contributed by atoms with van der Waals surface area (Å²) in [5.41, 5.74) is -1.48. The number of aliphatic carboxylic acids is 1. The van der Waals surface area contributed by atoms with Crippen LogP contribution in [-0.4, -0.2) is 91.3 Å². The molecular formula is C37H58N2O5. The second-order valence-electron chi connectivity index (χ2n) is 16.7. The number of allylic oxidation sites excluding steroid dienone is 1. The van der Waals surface area contributed by atoms with E-state index in [-0.39, 0.29) is 35.6 Å². The van der Waals surface area contributed by atoms with Crippen molar-refractivity contribution in [2.45, 2.75) is 110 Å². The number of carbonyl (C=O) groups is 2. The third kappa shape index (κ3) is 4.13. The van der Waals surface area contributed by atoms with Crippen molar-refractivity contribution in [2.75, 3.05) is 46.4 Å². The number of fused-ring (bicyclic) bond motifs is 2. The fourth-order valence-electron chi connectivity index (χ4n) is 12.7. The normalized spacial score (nSPS) is 46.5. The molecule has 4 bridgehead atoms. The number of carboxylic acids is 1. The molecule has 0 aromatic heterocycles. The highest BCUT2D eigenvalue weighted by Crippen LogP contribution is 2.84. The Hall–Kier alpha value is -1.28. The lowest BCUT2D eigenvalue weighted by molar-refractivity contribution is -0.198. The zero-order chi connectivity index (χ0) is 31.1. The van der Waals surface area contributed by atoms with E-state index in [2.05, 4.69) is 50.6 Å². The number of rotatable bonds is 9. The fraction of sp³-hybridized carbons (Fsp3) is 0.892. The van der Waals surface area contributed by atoms with Crippen molar-refractivity contribution in [1.82, 2.24) is 9.80 Å². The maximum absolute atomic E-state index is 14.0. The number of likely N-dealkylation sites (tertiary alicyclic amines) is 1. The molecule has 3 saturated heterocycles. The number of carbonyl (C=O) groups excluding carboxylic acids is 1. The van der Waals surface area contributed by atoms with Gasteiger partial charge in [0.25, 0.3) is 0 Å². The number of aldehydes is 1. The Kier molecular flexibility index (Phi) is 7.95. The van der Waals surface area contributed by atoms with Crippen LogP contribution in [0.1, 0.15) is 91.9 Å². The smallest absolute Gasteiger partial charge is 0.315 e. The topological polar surface area (TPSA) is 79.3 Å². The molecule has 4 aliphatic carbocycles. The number of hydrogen-bond acceptors (Lipinski definition) is 6. The van der Waals surface area contributed by atoms with Crippen molar-refractivity contribution in [3.05, 3.63) is 11.6 Å². The minimum Gasteiger partial charge on any atom is -0.481 e. The average Bonchev–Trinajstić information content (AvgIpc) is 3.70. The lowest BCUT2D eigenvalue weighted by Gasteiger charge is -2.60. The summed E-state index contributed by atoms with van der Waals surface area (Å²) in [4.78, 5) is 32.6. The molecule has 3 aliphatic heterocycles. The van der Waals surface area contributed by atoms with Crippen LogP contribution in [0.15, 0.2) is 11.6 Å². The van der Waals surface area contributed by atoms with Crippen molar-refractivity contribution in [2.24, 2.45) is 51.8 Å². The molecule has 1 spiro atoms. The largest absolute Gasteiger partial charge is 0.481 e. The lowest BCUT2D eigenvalue weighted by atomic mass is 9.41. The van der Waals surface area contributed by atoms with Gasteiger partial charge in [0.2, 0.25) is 0 Å². The summed E-state index contributed by atoms with van der Waals surface area (Å²) in [5, 5.41) is 11.5. The molecule has 1 N–H and O–H groups in total. The van der Waals surface area contributed by atoms with Crippen LogP contribution in [0.2, 0.25) is 0 Å². The average molecular weight is 611 g/mol. The van der Waals surface area contributed by atoms with E-state index in [0.29, 0.717) is 24.2 Å². The van der Waals surface area contributed by atoms with E-state index >= 15 is 0 Å². The van der Waals surface area contributed by atoms with Crippen LogP contribution in [-0.2, 0) is 19.1 Å². The van der Waals surface area contributed by atoms with Gasteiger partial charge in [-0.05, 0) is 87.5 Å². The van der Waals surface area contributed by atoms with Crippen molar-refractivity contribution >= 4 is 12.3 Å². The molecule has 3 heterocycles. The Balaban J connectivity index is 1.21. The zero-order valence-corrected chi connectivity index (χ0v) is 28.1. The van der Waals surface area contributed by atoms with Crippen LogP contribution < -0.4 is 0 Å². The lowest BCUT2D eigenvalue weighted by Crippen LogP contribution is -2.65. The van der Waals surface area contributed by atoms with E-state index in [1.54, 1.807) is 0 Å². The van der Waals surface area contributed by atoms with Crippen LogP contribution in [0.3, 0.4) is 0 Å². The van der Waals surface area contributed by atoms with Gasteiger partial charge in [-0.25, -0.2) is 0 Å². The van der Waals surface area contributed by atoms with Gasteiger partial charge in [-0.1, -0.05) is 58.6 Å². The van der Waals surface area contributed by atoms with Crippen LogP contribution >= 0.6 is 0 Å². The van der Waals surface area contributed by atoms with Gasteiger partial charge in [0.05, 0.1) is 29.8 Å². The van der Waals surface area contributed by atoms with Crippen LogP contribution in [0.4, 0.5) is 0 Å². The highest BCUT2D eigenvalue weighted by atomic mass is 16.5. The maximum Gasteiger partial charge on any atom is 0.315 e. The number of unbranched alkanes of at least 4 members (excludes halogenated alkanes) is 1. The van der Waals surface area contributed by atoms with Gasteiger partial charge in [0.1, 0.15) is 11.7 Å². The fourth-order valence-corrected chi connectivity index (χ4v) is 12.7. The van der Waals surface area contributed by atoms with Crippen molar-refractivity contribution < 1.29 is 24.2 Å². The Morgan fingerprint density at radius 1 is 1.18 bits per heavy atom. The zero-order valence-electron chi connectivity index (χ0n) is 28.1. The molecule has 6 fully saturated rings. The van der Waals surface area contributed by atoms with E-state index in [1.807, 2.05) is 0 Å². The van der Waals surface area contributed by atoms with E-state index < -0.39 is 22.2 Å². The van der Waals surface area contributed by atoms with Gasteiger partial charge >= 0.3 is 5.97 Å². The quantitative estimate of drug-likeness (QED) is 0.266. The highest BCUT2D eigenvalue weighted by molar-refractivity contribution is 5.90. The van der Waals surface area contributed by atoms with Crippen LogP contribution in [0, 0.1) is 51.8 Å². The summed E-state index contributed by atoms with van der Waals surface area (Å²) in [6, 6.07) is 0. The van der Waals surface area contributed by atoms with Gasteiger partial charge in [0, 0.05) is 38.1 Å². The minimum atomic E-state index is -1.15. The van der Waals surface area contributed by atoms with E-state index in [4.69, 9.17) is 9.47 Å². The first kappa shape index (κ1) is 31.3. The van der Waals surface area contributed by atoms with Gasteiger partial charge in [-0.2, -0.15) is 0 Å². The van der Waals surface area contributed by atoms with Gasteiger partial charge < -0.3 is 29.2 Å². The molecule has 7 heteroatoms. The third-order valence-corrected chi connectivity index (χ3v) is 14.5. The van der Waals surface area contributed by atoms with Gasteiger partial charge in [-0.15, -0.1) is 0 Å². The Labute approximate surface area is 265 Å². The van der Waals surface area contributed by atoms with Crippen molar-refractivity contribution in [3.8, 4) is 0 Å². The molecule has 0 aromatic carbocycles. The summed E-state index contributed by atoms with van der Waals surface area (Å²) in [7, 11) is 2.21. The first-order valence-electron chi connectivity index (χ1n) is 18.2. The second kappa shape index (κ2) is 11.2. The first-order valence-corrected chi connectivity index (χ1v) is 18.2. The molecule has 3 saturated carbocycles. The Bertz CT molecular complexity index is 1160. The third-order valence-electron chi connectivity index (χ3n) is 14.5. The molecule has 0 aromatic rings. The number of likely N-dealkylation sites (N-methyl/N-ethyl adjacent to an activating group) is 1. The van der Waals surface area contributed by atoms with Crippen molar-refractivity contribution in [1.29, 1.82) is 0 Å². The molecule has 44 heavy (non-hydrogen) atoms. The second-order valence-corrected chi connectivity index (χ2v) is 16.7. The first-order chi connectivity index (χ1) is 21.1. The van der Waals surface area contributed by atoms with Crippen molar-refractivity contribution in [3.63, 3.8) is 0 Å². The SMILES string of the molecule is CCCCC1CC(C23C[C@@H]4[C@H](C)CC[C@H]4C4(C=O)CC2C=C(C(C)C)C34C(=O)O)OC1CN1CCC2(CC1)CN(C)CCO2.